The molecule has 1 aliphatic heterocycles. The Balaban J connectivity index is 1.68. The third kappa shape index (κ3) is 3.04. The summed E-state index contributed by atoms with van der Waals surface area (Å²) in [6.45, 7) is 3.77. The van der Waals surface area contributed by atoms with E-state index in [1.165, 1.54) is 22.0 Å². The van der Waals surface area contributed by atoms with Crippen molar-refractivity contribution in [3.05, 3.63) is 51.8 Å². The second kappa shape index (κ2) is 6.66. The number of nitrogens with zero attached hydrogens (tertiary/aromatic N) is 3. The van der Waals surface area contributed by atoms with Crippen molar-refractivity contribution < 1.29 is 9.53 Å². The summed E-state index contributed by atoms with van der Waals surface area (Å²) in [6.07, 6.45) is 1.77. The summed E-state index contributed by atoms with van der Waals surface area (Å²) in [5.41, 5.74) is 1.60. The predicted octanol–water partition coefficient (Wildman–Crippen LogP) is 2.52. The van der Waals surface area contributed by atoms with Gasteiger partial charge in [0, 0.05) is 36.8 Å². The smallest absolute Gasteiger partial charge is 0.264 e. The third-order valence-electron chi connectivity index (χ3n) is 4.60. The summed E-state index contributed by atoms with van der Waals surface area (Å²) < 4.78 is 6.94. The van der Waals surface area contributed by atoms with Gasteiger partial charge in [-0.25, -0.2) is 4.98 Å². The molecular weight excluding hydrogens is 350 g/mol. The highest BCUT2D eigenvalue weighted by Gasteiger charge is 2.26. The number of ether oxygens (including phenoxy) is 1. The molecule has 26 heavy (non-hydrogen) atoms. The Morgan fingerprint density at radius 2 is 2.15 bits per heavy atom. The zero-order valence-corrected chi connectivity index (χ0v) is 15.5. The number of hydrogen-bond donors (Lipinski definition) is 0. The lowest BCUT2D eigenvalue weighted by atomic mass is 10.1. The Hall–Kier alpha value is -2.51. The first-order valence-corrected chi connectivity index (χ1v) is 9.31. The standard InChI is InChI=1S/C19H19N3O3S/c1-12-11-25-8-7-22(12)19(24)16-9-13-3-5-15(20-18(13)26-16)14-4-6-17(23)21(2)10-14/h3-6,9-10,12H,7-8,11H2,1-2H3/t12-/m1/s1. The summed E-state index contributed by atoms with van der Waals surface area (Å²) in [7, 11) is 1.72. The molecule has 0 bridgehead atoms. The van der Waals surface area contributed by atoms with Gasteiger partial charge in [0.2, 0.25) is 5.56 Å². The van der Waals surface area contributed by atoms with E-state index in [0.717, 1.165) is 21.5 Å². The van der Waals surface area contributed by atoms with Crippen LogP contribution >= 0.6 is 11.3 Å². The van der Waals surface area contributed by atoms with Crippen LogP contribution in [0.2, 0.25) is 0 Å². The van der Waals surface area contributed by atoms with Crippen LogP contribution in [0, 0.1) is 0 Å². The van der Waals surface area contributed by atoms with Gasteiger partial charge in [-0.05, 0) is 31.2 Å². The van der Waals surface area contributed by atoms with E-state index in [0.29, 0.717) is 24.6 Å². The van der Waals surface area contributed by atoms with Gasteiger partial charge >= 0.3 is 0 Å². The van der Waals surface area contributed by atoms with Crippen LogP contribution < -0.4 is 5.56 Å². The lowest BCUT2D eigenvalue weighted by Crippen LogP contribution is -2.46. The third-order valence-corrected chi connectivity index (χ3v) is 5.64. The Labute approximate surface area is 154 Å². The van der Waals surface area contributed by atoms with Gasteiger partial charge in [-0.15, -0.1) is 11.3 Å². The van der Waals surface area contributed by atoms with Gasteiger partial charge in [-0.2, -0.15) is 0 Å². The number of fused-ring (bicyclic) bond motifs is 1. The fourth-order valence-corrected chi connectivity index (χ4v) is 4.09. The summed E-state index contributed by atoms with van der Waals surface area (Å²) in [4.78, 5) is 32.5. The van der Waals surface area contributed by atoms with Gasteiger partial charge < -0.3 is 14.2 Å². The Kier molecular flexibility index (Phi) is 4.34. The number of carbonyl (C=O) groups excluding carboxylic acids is 1. The summed E-state index contributed by atoms with van der Waals surface area (Å²) in [5.74, 6) is 0.0347. The molecule has 6 nitrogen and oxygen atoms in total. The average Bonchev–Trinajstić information content (AvgIpc) is 3.07. The van der Waals surface area contributed by atoms with E-state index >= 15 is 0 Å². The molecule has 134 valence electrons. The molecule has 1 aliphatic rings. The van der Waals surface area contributed by atoms with Crippen LogP contribution in [0.15, 0.2) is 41.3 Å². The van der Waals surface area contributed by atoms with Crippen molar-refractivity contribution in [1.29, 1.82) is 0 Å². The maximum Gasteiger partial charge on any atom is 0.264 e. The minimum absolute atomic E-state index is 0.0347. The number of hydrogen-bond acceptors (Lipinski definition) is 5. The van der Waals surface area contributed by atoms with Crippen molar-refractivity contribution in [2.24, 2.45) is 7.05 Å². The second-order valence-electron chi connectivity index (χ2n) is 6.49. The molecule has 1 fully saturated rings. The lowest BCUT2D eigenvalue weighted by Gasteiger charge is -2.32. The Morgan fingerprint density at radius 3 is 2.92 bits per heavy atom. The first kappa shape index (κ1) is 16.9. The quantitative estimate of drug-likeness (QED) is 0.696. The van der Waals surface area contributed by atoms with E-state index in [2.05, 4.69) is 0 Å². The van der Waals surface area contributed by atoms with Crippen molar-refractivity contribution in [2.75, 3.05) is 19.8 Å². The fraction of sp³-hybridized carbons (Fsp3) is 0.316. The summed E-state index contributed by atoms with van der Waals surface area (Å²) in [6, 6.07) is 9.17. The van der Waals surface area contributed by atoms with Gasteiger partial charge in [-0.1, -0.05) is 0 Å². The van der Waals surface area contributed by atoms with E-state index in [4.69, 9.17) is 9.72 Å². The number of carbonyl (C=O) groups is 1. The molecule has 0 N–H and O–H groups in total. The van der Waals surface area contributed by atoms with Crippen LogP contribution in [-0.2, 0) is 11.8 Å². The van der Waals surface area contributed by atoms with E-state index in [1.54, 1.807) is 19.3 Å². The van der Waals surface area contributed by atoms with Crippen LogP contribution in [-0.4, -0.2) is 46.2 Å². The highest BCUT2D eigenvalue weighted by molar-refractivity contribution is 7.20. The van der Waals surface area contributed by atoms with Gasteiger partial charge in [0.05, 0.1) is 29.8 Å². The molecule has 0 saturated carbocycles. The SMILES string of the molecule is C[C@@H]1COCCN1C(=O)c1cc2ccc(-c3ccc(=O)n(C)c3)nc2s1. The van der Waals surface area contributed by atoms with Gasteiger partial charge in [0.25, 0.3) is 5.91 Å². The minimum Gasteiger partial charge on any atom is -0.377 e. The molecular formula is C19H19N3O3S. The molecule has 4 rings (SSSR count). The zero-order chi connectivity index (χ0) is 18.3. The van der Waals surface area contributed by atoms with Crippen molar-refractivity contribution in [3.63, 3.8) is 0 Å². The highest BCUT2D eigenvalue weighted by Crippen LogP contribution is 2.28. The van der Waals surface area contributed by atoms with Crippen LogP contribution in [0.25, 0.3) is 21.5 Å². The molecule has 1 amide bonds. The molecule has 4 heterocycles. The molecule has 0 unspecified atom stereocenters. The van der Waals surface area contributed by atoms with Crippen molar-refractivity contribution >= 4 is 27.5 Å². The summed E-state index contributed by atoms with van der Waals surface area (Å²) >= 11 is 1.41. The van der Waals surface area contributed by atoms with Crippen molar-refractivity contribution in [1.82, 2.24) is 14.5 Å². The second-order valence-corrected chi connectivity index (χ2v) is 7.52. The van der Waals surface area contributed by atoms with Gasteiger partial charge in [-0.3, -0.25) is 9.59 Å². The van der Waals surface area contributed by atoms with Crippen LogP contribution in [0.4, 0.5) is 0 Å². The number of rotatable bonds is 2. The minimum atomic E-state index is -0.0570. The first-order valence-electron chi connectivity index (χ1n) is 8.49. The monoisotopic (exact) mass is 369 g/mol. The number of morpholine rings is 1. The summed E-state index contributed by atoms with van der Waals surface area (Å²) in [5, 5.41) is 0.952. The van der Waals surface area contributed by atoms with Crippen LogP contribution in [0.3, 0.4) is 0 Å². The molecule has 1 saturated heterocycles. The maximum atomic E-state index is 12.8. The Bertz CT molecular complexity index is 1040. The van der Waals surface area contributed by atoms with Gasteiger partial charge in [0.1, 0.15) is 4.83 Å². The molecule has 3 aromatic heterocycles. The topological polar surface area (TPSA) is 64.4 Å². The number of aryl methyl sites for hydroxylation is 1. The van der Waals surface area contributed by atoms with E-state index in [1.807, 2.05) is 30.0 Å². The predicted molar refractivity (Wildman–Crippen MR) is 102 cm³/mol. The molecule has 0 aromatic carbocycles. The molecule has 0 aliphatic carbocycles. The van der Waals surface area contributed by atoms with Crippen LogP contribution in [0.1, 0.15) is 16.6 Å². The van der Waals surface area contributed by atoms with Crippen molar-refractivity contribution in [2.45, 2.75) is 13.0 Å². The maximum absolute atomic E-state index is 12.8. The first-order chi connectivity index (χ1) is 12.5. The van der Waals surface area contributed by atoms with E-state index in [9.17, 15) is 9.59 Å². The fourth-order valence-electron chi connectivity index (χ4n) is 3.10. The van der Waals surface area contributed by atoms with Gasteiger partial charge in [0.15, 0.2) is 0 Å². The Morgan fingerprint density at radius 1 is 1.31 bits per heavy atom. The highest BCUT2D eigenvalue weighted by atomic mass is 32.1. The van der Waals surface area contributed by atoms with E-state index < -0.39 is 0 Å². The normalized spacial score (nSPS) is 17.6. The van der Waals surface area contributed by atoms with Crippen LogP contribution in [0.5, 0.6) is 0 Å². The van der Waals surface area contributed by atoms with Crippen molar-refractivity contribution in [3.8, 4) is 11.3 Å². The average molecular weight is 369 g/mol. The molecule has 3 aromatic rings. The number of thiophene rings is 1. The number of aromatic nitrogens is 2. The van der Waals surface area contributed by atoms with E-state index in [-0.39, 0.29) is 17.5 Å². The number of pyridine rings is 2. The zero-order valence-electron chi connectivity index (χ0n) is 14.6. The largest absolute Gasteiger partial charge is 0.377 e. The molecule has 0 radical (unpaired) electrons. The molecule has 7 heteroatoms. The molecule has 1 atom stereocenters. The lowest BCUT2D eigenvalue weighted by molar-refractivity contribution is 0.00387. The number of amides is 1. The molecule has 0 spiro atoms.